The van der Waals surface area contributed by atoms with Gasteiger partial charge in [0.05, 0.1) is 23.9 Å². The van der Waals surface area contributed by atoms with E-state index in [0.29, 0.717) is 35.8 Å². The first-order chi connectivity index (χ1) is 12.0. The number of rotatable bonds is 6. The van der Waals surface area contributed by atoms with Gasteiger partial charge in [0.1, 0.15) is 12.4 Å². The number of nitrogens with two attached hydrogens (primary N) is 1. The maximum atomic E-state index is 13.1. The number of nitrogens with zero attached hydrogens (tertiary/aromatic N) is 3. The summed E-state index contributed by atoms with van der Waals surface area (Å²) in [5, 5.41) is 0. The van der Waals surface area contributed by atoms with Gasteiger partial charge in [-0.05, 0) is 50.2 Å². The standard InChI is InChI=1S/C18H19FN4O2/c1-11(2)24-9-10-25-17-16-15(22-18(20)23-17)8-7-14(21-16)12-3-5-13(19)6-4-12/h3-8,11H,9-10H2,1-2H3,(H2,20,22,23). The quantitative estimate of drug-likeness (QED) is 0.693. The van der Waals surface area contributed by atoms with E-state index < -0.39 is 0 Å². The minimum atomic E-state index is -0.296. The molecule has 0 atom stereocenters. The van der Waals surface area contributed by atoms with E-state index >= 15 is 0 Å². The van der Waals surface area contributed by atoms with Gasteiger partial charge in [-0.15, -0.1) is 0 Å². The van der Waals surface area contributed by atoms with Crippen LogP contribution < -0.4 is 10.5 Å². The maximum Gasteiger partial charge on any atom is 0.245 e. The molecule has 2 heterocycles. The molecule has 0 aliphatic heterocycles. The largest absolute Gasteiger partial charge is 0.474 e. The van der Waals surface area contributed by atoms with Crippen LogP contribution in [0.2, 0.25) is 0 Å². The molecule has 0 saturated carbocycles. The molecule has 6 nitrogen and oxygen atoms in total. The SMILES string of the molecule is CC(C)OCCOc1nc(N)nc2ccc(-c3ccc(F)cc3)nc12. The van der Waals surface area contributed by atoms with Crippen molar-refractivity contribution in [2.75, 3.05) is 18.9 Å². The first kappa shape index (κ1) is 17.0. The highest BCUT2D eigenvalue weighted by molar-refractivity contribution is 5.83. The molecule has 25 heavy (non-hydrogen) atoms. The molecule has 0 unspecified atom stereocenters. The van der Waals surface area contributed by atoms with Crippen molar-refractivity contribution < 1.29 is 13.9 Å². The van der Waals surface area contributed by atoms with Crippen LogP contribution in [-0.2, 0) is 4.74 Å². The molecule has 0 spiro atoms. The van der Waals surface area contributed by atoms with Gasteiger partial charge in [0.2, 0.25) is 11.8 Å². The van der Waals surface area contributed by atoms with E-state index in [1.807, 2.05) is 13.8 Å². The number of pyridine rings is 1. The molecule has 3 aromatic rings. The molecule has 0 fully saturated rings. The number of fused-ring (bicyclic) bond motifs is 1. The molecule has 2 aromatic heterocycles. The van der Waals surface area contributed by atoms with Gasteiger partial charge < -0.3 is 15.2 Å². The molecule has 0 radical (unpaired) electrons. The number of anilines is 1. The zero-order chi connectivity index (χ0) is 17.8. The van der Waals surface area contributed by atoms with Gasteiger partial charge in [-0.1, -0.05) is 0 Å². The van der Waals surface area contributed by atoms with Gasteiger partial charge in [0, 0.05) is 5.56 Å². The molecule has 0 aliphatic carbocycles. The van der Waals surface area contributed by atoms with Crippen LogP contribution >= 0.6 is 0 Å². The Kier molecular flexibility index (Phi) is 5.04. The molecule has 0 aliphatic rings. The Morgan fingerprint density at radius 3 is 2.48 bits per heavy atom. The molecule has 1 aromatic carbocycles. The van der Waals surface area contributed by atoms with Gasteiger partial charge in [-0.25, -0.2) is 14.4 Å². The van der Waals surface area contributed by atoms with E-state index in [1.54, 1.807) is 24.3 Å². The predicted molar refractivity (Wildman–Crippen MR) is 93.7 cm³/mol. The average Bonchev–Trinajstić information content (AvgIpc) is 2.58. The monoisotopic (exact) mass is 342 g/mol. The van der Waals surface area contributed by atoms with Crippen LogP contribution in [0.3, 0.4) is 0 Å². The number of nitrogen functional groups attached to an aromatic ring is 1. The van der Waals surface area contributed by atoms with Crippen molar-refractivity contribution >= 4 is 17.0 Å². The Bertz CT molecular complexity index is 869. The molecule has 0 bridgehead atoms. The zero-order valence-corrected chi connectivity index (χ0v) is 14.1. The third-order valence-electron chi connectivity index (χ3n) is 3.44. The van der Waals surface area contributed by atoms with Crippen LogP contribution in [0, 0.1) is 5.82 Å². The fourth-order valence-electron chi connectivity index (χ4n) is 2.31. The Labute approximate surface area is 144 Å². The van der Waals surface area contributed by atoms with Crippen LogP contribution in [-0.4, -0.2) is 34.3 Å². The topological polar surface area (TPSA) is 83.2 Å². The molecule has 0 saturated heterocycles. The summed E-state index contributed by atoms with van der Waals surface area (Å²) < 4.78 is 24.2. The van der Waals surface area contributed by atoms with Gasteiger partial charge in [-0.2, -0.15) is 4.98 Å². The molecular weight excluding hydrogens is 323 g/mol. The van der Waals surface area contributed by atoms with Crippen LogP contribution in [0.15, 0.2) is 36.4 Å². The number of halogens is 1. The third kappa shape index (κ3) is 4.19. The van der Waals surface area contributed by atoms with E-state index in [9.17, 15) is 4.39 Å². The van der Waals surface area contributed by atoms with Gasteiger partial charge >= 0.3 is 0 Å². The first-order valence-electron chi connectivity index (χ1n) is 7.97. The smallest absolute Gasteiger partial charge is 0.245 e. The van der Waals surface area contributed by atoms with Crippen LogP contribution in [0.4, 0.5) is 10.3 Å². The van der Waals surface area contributed by atoms with Crippen molar-refractivity contribution in [3.8, 4) is 17.1 Å². The van der Waals surface area contributed by atoms with Gasteiger partial charge in [-0.3, -0.25) is 0 Å². The summed E-state index contributed by atoms with van der Waals surface area (Å²) in [4.78, 5) is 12.9. The highest BCUT2D eigenvalue weighted by Gasteiger charge is 2.11. The summed E-state index contributed by atoms with van der Waals surface area (Å²) >= 11 is 0. The minimum Gasteiger partial charge on any atom is -0.474 e. The van der Waals surface area contributed by atoms with Crippen molar-refractivity contribution in [2.45, 2.75) is 20.0 Å². The third-order valence-corrected chi connectivity index (χ3v) is 3.44. The minimum absolute atomic E-state index is 0.114. The number of hydrogen-bond donors (Lipinski definition) is 1. The first-order valence-corrected chi connectivity index (χ1v) is 7.97. The average molecular weight is 342 g/mol. The van der Waals surface area contributed by atoms with Crippen LogP contribution in [0.1, 0.15) is 13.8 Å². The Morgan fingerprint density at radius 2 is 1.76 bits per heavy atom. The Morgan fingerprint density at radius 1 is 1.00 bits per heavy atom. The molecule has 2 N–H and O–H groups in total. The lowest BCUT2D eigenvalue weighted by molar-refractivity contribution is 0.0546. The highest BCUT2D eigenvalue weighted by Crippen LogP contribution is 2.26. The number of benzene rings is 1. The fraction of sp³-hybridized carbons (Fsp3) is 0.278. The van der Waals surface area contributed by atoms with E-state index in [-0.39, 0.29) is 17.9 Å². The fourth-order valence-corrected chi connectivity index (χ4v) is 2.31. The second-order valence-electron chi connectivity index (χ2n) is 5.73. The van der Waals surface area contributed by atoms with Gasteiger partial charge in [0.25, 0.3) is 0 Å². The number of aromatic nitrogens is 3. The van der Waals surface area contributed by atoms with Crippen LogP contribution in [0.5, 0.6) is 5.88 Å². The highest BCUT2D eigenvalue weighted by atomic mass is 19.1. The summed E-state index contributed by atoms with van der Waals surface area (Å²) in [6.07, 6.45) is 0.124. The molecule has 130 valence electrons. The second-order valence-corrected chi connectivity index (χ2v) is 5.73. The van der Waals surface area contributed by atoms with Crippen molar-refractivity contribution in [1.29, 1.82) is 0 Å². The van der Waals surface area contributed by atoms with E-state index in [2.05, 4.69) is 15.0 Å². The Balaban J connectivity index is 1.92. The molecule has 3 rings (SSSR count). The van der Waals surface area contributed by atoms with Crippen molar-refractivity contribution in [2.24, 2.45) is 0 Å². The molecular formula is C18H19FN4O2. The predicted octanol–water partition coefficient (Wildman–Crippen LogP) is 3.22. The second kappa shape index (κ2) is 7.40. The van der Waals surface area contributed by atoms with Crippen molar-refractivity contribution in [1.82, 2.24) is 15.0 Å². The lowest BCUT2D eigenvalue weighted by atomic mass is 10.1. The number of ether oxygens (including phenoxy) is 2. The van der Waals surface area contributed by atoms with Gasteiger partial charge in [0.15, 0.2) is 5.52 Å². The molecule has 0 amide bonds. The van der Waals surface area contributed by atoms with Crippen molar-refractivity contribution in [3.05, 3.63) is 42.2 Å². The lowest BCUT2D eigenvalue weighted by Crippen LogP contribution is -2.12. The summed E-state index contributed by atoms with van der Waals surface area (Å²) in [7, 11) is 0. The normalized spacial score (nSPS) is 11.2. The summed E-state index contributed by atoms with van der Waals surface area (Å²) in [6.45, 7) is 4.66. The van der Waals surface area contributed by atoms with E-state index in [1.165, 1.54) is 12.1 Å². The summed E-state index contributed by atoms with van der Waals surface area (Å²) in [6, 6.07) is 9.70. The summed E-state index contributed by atoms with van der Waals surface area (Å²) in [5.41, 5.74) is 8.28. The summed E-state index contributed by atoms with van der Waals surface area (Å²) in [5.74, 6) is 0.122. The molecule has 7 heteroatoms. The lowest BCUT2D eigenvalue weighted by Gasteiger charge is -2.11. The number of hydrogen-bond acceptors (Lipinski definition) is 6. The van der Waals surface area contributed by atoms with Crippen molar-refractivity contribution in [3.63, 3.8) is 0 Å². The maximum absolute atomic E-state index is 13.1. The zero-order valence-electron chi connectivity index (χ0n) is 14.1. The van der Waals surface area contributed by atoms with E-state index in [4.69, 9.17) is 15.2 Å². The van der Waals surface area contributed by atoms with E-state index in [0.717, 1.165) is 5.56 Å². The van der Waals surface area contributed by atoms with Crippen LogP contribution in [0.25, 0.3) is 22.3 Å². The Hall–Kier alpha value is -2.80.